The maximum Gasteiger partial charge on any atom is 2.00 e. The number of allylic oxidation sites excluding steroid dienone is 1. The Morgan fingerprint density at radius 1 is 0.444 bits per heavy atom. The monoisotopic (exact) mass is 4310 g/mol. The van der Waals surface area contributed by atoms with Crippen LogP contribution in [0.4, 0.5) is 11.9 Å². The summed E-state index contributed by atoms with van der Waals surface area (Å²) in [6.45, 7) is 77.5. The van der Waals surface area contributed by atoms with E-state index >= 15 is 0 Å². The van der Waals surface area contributed by atoms with Crippen LogP contribution in [-0.4, -0.2) is 127 Å². The van der Waals surface area contributed by atoms with Gasteiger partial charge >= 0.3 is 147 Å². The Balaban J connectivity index is -0.0000000721. The summed E-state index contributed by atoms with van der Waals surface area (Å²) in [5.41, 5.74) is 4.17. The second kappa shape index (κ2) is 132. The molecule has 3 aliphatic heterocycles. The van der Waals surface area contributed by atoms with Crippen LogP contribution in [0.15, 0.2) is 272 Å². The van der Waals surface area contributed by atoms with E-state index in [0.717, 1.165) is 41.6 Å². The summed E-state index contributed by atoms with van der Waals surface area (Å²) in [5.74, 6) is 4.57. The second-order valence-corrected chi connectivity index (χ2v) is 20.5. The van der Waals surface area contributed by atoms with Gasteiger partial charge in [0.05, 0.1) is 18.4 Å². The van der Waals surface area contributed by atoms with Crippen molar-refractivity contribution in [3.63, 3.8) is 0 Å². The summed E-state index contributed by atoms with van der Waals surface area (Å²) in [5, 5.41) is 7.71. The molecule has 28 nitrogen and oxygen atoms in total. The molecular weight excluding hydrogens is 4170 g/mol. The fraction of sp³-hybridized carbons (Fsp3) is 0.300. The molecule has 0 saturated heterocycles. The molecular formula is C100H138N28W14. The molecule has 3 aliphatic rings. The molecule has 0 N–H and O–H groups in total. The smallest absolute Gasteiger partial charge is 0.574 e. The molecule has 0 fully saturated rings. The van der Waals surface area contributed by atoms with Gasteiger partial charge in [0.2, 0.25) is 0 Å². The van der Waals surface area contributed by atoms with Crippen molar-refractivity contribution < 1.29 is 295 Å². The van der Waals surface area contributed by atoms with Gasteiger partial charge in [-0.1, -0.05) is 277 Å². The molecule has 0 saturated carbocycles. The van der Waals surface area contributed by atoms with Gasteiger partial charge in [0, 0.05) is 260 Å². The van der Waals surface area contributed by atoms with E-state index in [4.69, 9.17) is 26.6 Å². The van der Waals surface area contributed by atoms with Crippen LogP contribution in [0.25, 0.3) is 57.1 Å². The molecule has 762 valence electrons. The van der Waals surface area contributed by atoms with Gasteiger partial charge in [0.25, 0.3) is 0 Å². The molecule has 0 aliphatic carbocycles. The van der Waals surface area contributed by atoms with Crippen LogP contribution in [0.3, 0.4) is 0 Å². The maximum absolute atomic E-state index is 5.06. The summed E-state index contributed by atoms with van der Waals surface area (Å²) in [6.07, 6.45) is 67.9. The SMILES string of the molecule is C1=NCc2nccn21.C1=Nn2ccnc2C1.CC.CC.CC.CC.CC.CC.CC.CC.CC.CC.CC.CC.[CH-]=Cc1ncc[n-]1.[CH-]=Cn1[c-]ncc1.[CH-]=Nc1ncc[n-]1.[CH-]=Nc1ncc[n-]1.[CH2-]C=Cn1[c-]ncc1.[CH2-]Cn1[c-]ncc1.[W+2].[W+2].[W+2].[W+2].[W+2].[W+2].[W+2].[W].[W].[W].[W].[W].[W].[W].[c-]1ccccc1-n1[c-]ncc1.c1ccc2c(c1)ccc1nccn12.c1ccc2cn3ccnc3cc2c1.c1cn2c(n1)CCC2. The number of benzene rings is 3. The van der Waals surface area contributed by atoms with Gasteiger partial charge in [-0.25, -0.2) is 54.5 Å². The van der Waals surface area contributed by atoms with Crippen LogP contribution in [-0.2, 0) is 327 Å². The Morgan fingerprint density at radius 2 is 0.930 bits per heavy atom. The Morgan fingerprint density at radius 3 is 1.37 bits per heavy atom. The van der Waals surface area contributed by atoms with E-state index in [9.17, 15) is 0 Å². The summed E-state index contributed by atoms with van der Waals surface area (Å²) in [7, 11) is 0. The third kappa shape index (κ3) is 78.3. The molecule has 0 unspecified atom stereocenters. The summed E-state index contributed by atoms with van der Waals surface area (Å²) in [4.78, 5) is 67.9. The molecule has 20 rings (SSSR count). The summed E-state index contributed by atoms with van der Waals surface area (Å²) >= 11 is 0. The van der Waals surface area contributed by atoms with E-state index in [0.29, 0.717) is 24.3 Å². The minimum absolute atomic E-state index is 0. The van der Waals surface area contributed by atoms with E-state index in [2.05, 4.69) is 192 Å². The number of aliphatic imine (C=N–C) groups is 3. The third-order valence-electron chi connectivity index (χ3n) is 13.8. The van der Waals surface area contributed by atoms with Crippen LogP contribution < -0.4 is 15.0 Å². The summed E-state index contributed by atoms with van der Waals surface area (Å²) in [6, 6.07) is 33.6. The van der Waals surface area contributed by atoms with Gasteiger partial charge in [-0.3, -0.25) is 40.2 Å². The predicted molar refractivity (Wildman–Crippen MR) is 535 cm³/mol. The molecule has 42 heteroatoms. The molecule has 3 aromatic carbocycles. The third-order valence-corrected chi connectivity index (χ3v) is 13.8. The van der Waals surface area contributed by atoms with Crippen molar-refractivity contribution in [3.8, 4) is 5.69 Å². The molecule has 14 aromatic heterocycles. The second-order valence-electron chi connectivity index (χ2n) is 20.5. The van der Waals surface area contributed by atoms with Crippen molar-refractivity contribution >= 4 is 89.3 Å². The largest absolute Gasteiger partial charge is 2.00 e. The first-order valence-electron chi connectivity index (χ1n) is 43.6. The van der Waals surface area contributed by atoms with Gasteiger partial charge in [0.15, 0.2) is 0 Å². The van der Waals surface area contributed by atoms with Crippen LogP contribution in [0.5, 0.6) is 0 Å². The van der Waals surface area contributed by atoms with Crippen molar-refractivity contribution in [1.82, 2.24) is 116 Å². The summed E-state index contributed by atoms with van der Waals surface area (Å²) < 4.78 is 16.8. The Hall–Kier alpha value is -4.93. The average Bonchev–Trinajstić information content (AvgIpc) is 1.55. The van der Waals surface area contributed by atoms with Crippen molar-refractivity contribution in [2.24, 2.45) is 20.1 Å². The molecule has 0 atom stereocenters. The molecule has 0 bridgehead atoms. The molecule has 0 radical (unpaired) electrons. The molecule has 0 spiro atoms. The van der Waals surface area contributed by atoms with Crippen molar-refractivity contribution in [2.75, 3.05) is 0 Å². The van der Waals surface area contributed by atoms with Gasteiger partial charge < -0.3 is 101 Å². The van der Waals surface area contributed by atoms with E-state index in [1.807, 2.05) is 298 Å². The molecule has 17 aromatic rings. The van der Waals surface area contributed by atoms with Crippen molar-refractivity contribution in [2.45, 2.75) is 205 Å². The quantitative estimate of drug-likeness (QED) is 0.106. The number of fused-ring (bicyclic) bond motifs is 8. The zero-order chi connectivity index (χ0) is 96.4. The fourth-order valence-electron chi connectivity index (χ4n) is 8.97. The number of nitrogens with zero attached hydrogens (tertiary/aromatic N) is 28. The van der Waals surface area contributed by atoms with Gasteiger partial charge in [-0.2, -0.15) is 41.1 Å². The number of aromatic nitrogens is 24. The maximum atomic E-state index is 5.06. The first kappa shape index (κ1) is 179. The number of rotatable bonds is 7. The normalized spacial score (nSPS) is 8.60. The Labute approximate surface area is 1050 Å². The standard InChI is InChI=1S/2C11H8N2.C9H6N2.C6H8N2.C6H6N2.2C5H5N3.C5H6N2.2C5H4N2.2C4H3N3.12C2H6.14W/c1-2-4-10-8-13-6-5-12-11(13)7-9(10)3-1;1-2-4-10-9(3-1)5-6-11-12-7-8-13(10)11;1-2-4-9(5-3-1)11-7-6-10-8-11;1-2-6-7-3-5-8(6)4-1;1-2-4-8-5-3-7-6-8;1-2-8-4-6-3-5(8)7-1;1-2-7-8-4-3-6-5(1)8;2*1-2-7-4-3-6-5-7;1-2-5-6-3-4-7-5;2*1-5-4-6-2-3-7-4;12*1-2;;;;;;;;;;;;;;/h2*1-8H;1-4,6-7H;3,5H,1-2,4H2;2-5H,1H2;1-2,4H,3H2;2-4H,1H2;3-4H,1-2H2;2*1-4H;2*1-3H;12*1-2H3;;;;;;;;;;;;;;/q;;-2;;-2;;;5*-2;;;;;;;;;;;;;;;;;;;;7*+2. The number of hydrogen-bond acceptors (Lipinski definition) is 16. The van der Waals surface area contributed by atoms with E-state index in [1.165, 1.54) is 83.9 Å². The Kier molecular flexibility index (Phi) is 167. The van der Waals surface area contributed by atoms with E-state index in [1.54, 1.807) is 104 Å². The molecule has 0 amide bonds. The number of hydrogen-bond donors (Lipinski definition) is 0. The number of pyridine rings is 2. The van der Waals surface area contributed by atoms with E-state index < -0.39 is 0 Å². The van der Waals surface area contributed by atoms with Crippen LogP contribution >= 0.6 is 0 Å². The first-order valence-corrected chi connectivity index (χ1v) is 43.6. The zero-order valence-electron chi connectivity index (χ0n) is 85.8. The number of aryl methyl sites for hydroxylation is 2. The van der Waals surface area contributed by atoms with Gasteiger partial charge in [-0.15, -0.1) is 43.2 Å². The topological polar surface area (TPSA) is 290 Å². The van der Waals surface area contributed by atoms with Crippen molar-refractivity contribution in [3.05, 3.63) is 334 Å². The first-order chi connectivity index (χ1) is 63.3. The van der Waals surface area contributed by atoms with Gasteiger partial charge in [-0.05, 0) is 53.2 Å². The van der Waals surface area contributed by atoms with Crippen LogP contribution in [0.1, 0.15) is 196 Å². The zero-order valence-corrected chi connectivity index (χ0v) is 127. The Bertz CT molecular complexity index is 4990. The van der Waals surface area contributed by atoms with Crippen LogP contribution in [0.2, 0.25) is 0 Å². The minimum atomic E-state index is 0. The number of para-hydroxylation sites is 2. The number of imidazole rings is 12. The fourth-order valence-corrected chi connectivity index (χ4v) is 8.97. The minimum Gasteiger partial charge on any atom is -0.574 e. The molecule has 142 heavy (non-hydrogen) atoms. The van der Waals surface area contributed by atoms with Gasteiger partial charge in [0.1, 0.15) is 28.8 Å². The average molecular weight is 4310 g/mol. The van der Waals surface area contributed by atoms with E-state index in [-0.39, 0.29) is 295 Å². The predicted octanol–water partition coefficient (Wildman–Crippen LogP) is 23.2. The molecule has 17 heterocycles. The van der Waals surface area contributed by atoms with Crippen molar-refractivity contribution in [1.29, 1.82) is 0 Å². The van der Waals surface area contributed by atoms with Crippen LogP contribution in [0, 0.1) is 58.4 Å².